The largest absolute Gasteiger partial charge is 0.350 e. The number of anilines is 1. The SMILES string of the molecule is Cc1ccccc1CNC(=O)C(C)N(c1ccc(Cl)c(Cl)c1)S(C)(=O)=O. The maximum atomic E-state index is 12.6. The lowest BCUT2D eigenvalue weighted by molar-refractivity contribution is -0.122. The van der Waals surface area contributed by atoms with Crippen molar-refractivity contribution >= 4 is 44.8 Å². The van der Waals surface area contributed by atoms with Gasteiger partial charge in [0, 0.05) is 6.54 Å². The molecule has 0 aliphatic rings. The van der Waals surface area contributed by atoms with Gasteiger partial charge in [-0.25, -0.2) is 8.42 Å². The number of sulfonamides is 1. The fraction of sp³-hybridized carbons (Fsp3) is 0.278. The number of nitrogens with one attached hydrogen (secondary N) is 1. The summed E-state index contributed by atoms with van der Waals surface area (Å²) in [5.74, 6) is -0.412. The van der Waals surface area contributed by atoms with E-state index in [2.05, 4.69) is 5.32 Å². The zero-order valence-electron chi connectivity index (χ0n) is 14.7. The third-order valence-corrected chi connectivity index (χ3v) is 5.94. The fourth-order valence-corrected chi connectivity index (χ4v) is 4.03. The molecule has 0 saturated carbocycles. The number of aryl methyl sites for hydroxylation is 1. The molecule has 1 unspecified atom stereocenters. The van der Waals surface area contributed by atoms with Crippen LogP contribution in [0.15, 0.2) is 42.5 Å². The number of benzene rings is 2. The summed E-state index contributed by atoms with van der Waals surface area (Å²) in [6.45, 7) is 3.79. The molecule has 0 fully saturated rings. The topological polar surface area (TPSA) is 66.5 Å². The molecule has 1 N–H and O–H groups in total. The van der Waals surface area contributed by atoms with Crippen molar-refractivity contribution in [2.24, 2.45) is 0 Å². The van der Waals surface area contributed by atoms with Gasteiger partial charge in [-0.05, 0) is 43.2 Å². The molecule has 0 radical (unpaired) electrons. The molecule has 0 heterocycles. The minimum atomic E-state index is -3.71. The van der Waals surface area contributed by atoms with Crippen LogP contribution in [0.5, 0.6) is 0 Å². The van der Waals surface area contributed by atoms with Gasteiger partial charge in [-0.1, -0.05) is 47.5 Å². The Morgan fingerprint density at radius 2 is 1.81 bits per heavy atom. The molecule has 1 atom stereocenters. The highest BCUT2D eigenvalue weighted by atomic mass is 35.5. The number of hydrogen-bond donors (Lipinski definition) is 1. The van der Waals surface area contributed by atoms with E-state index in [0.29, 0.717) is 11.6 Å². The van der Waals surface area contributed by atoms with Gasteiger partial charge in [-0.3, -0.25) is 9.10 Å². The first-order chi connectivity index (χ1) is 12.1. The Morgan fingerprint density at radius 3 is 2.38 bits per heavy atom. The summed E-state index contributed by atoms with van der Waals surface area (Å²) in [6, 6.07) is 11.1. The van der Waals surface area contributed by atoms with Gasteiger partial charge in [0.25, 0.3) is 0 Å². The monoisotopic (exact) mass is 414 g/mol. The summed E-state index contributed by atoms with van der Waals surface area (Å²) in [7, 11) is -3.71. The Bertz CT molecular complexity index is 916. The van der Waals surface area contributed by atoms with E-state index in [9.17, 15) is 13.2 Å². The van der Waals surface area contributed by atoms with Gasteiger partial charge in [0.15, 0.2) is 0 Å². The lowest BCUT2D eigenvalue weighted by Gasteiger charge is -2.28. The van der Waals surface area contributed by atoms with Gasteiger partial charge in [-0.2, -0.15) is 0 Å². The molecule has 26 heavy (non-hydrogen) atoms. The van der Waals surface area contributed by atoms with Crippen molar-refractivity contribution in [3.8, 4) is 0 Å². The average molecular weight is 415 g/mol. The van der Waals surface area contributed by atoms with E-state index in [4.69, 9.17) is 23.2 Å². The van der Waals surface area contributed by atoms with Crippen molar-refractivity contribution in [3.05, 3.63) is 63.6 Å². The lowest BCUT2D eigenvalue weighted by Crippen LogP contribution is -2.47. The first-order valence-corrected chi connectivity index (χ1v) is 10.5. The van der Waals surface area contributed by atoms with E-state index in [1.165, 1.54) is 25.1 Å². The van der Waals surface area contributed by atoms with Crippen molar-refractivity contribution < 1.29 is 13.2 Å². The number of halogens is 2. The van der Waals surface area contributed by atoms with Crippen molar-refractivity contribution in [1.29, 1.82) is 0 Å². The maximum Gasteiger partial charge on any atom is 0.243 e. The first kappa shape index (κ1) is 20.6. The number of nitrogens with zero attached hydrogens (tertiary/aromatic N) is 1. The summed E-state index contributed by atoms with van der Waals surface area (Å²) in [6.07, 6.45) is 1.04. The van der Waals surface area contributed by atoms with Crippen molar-refractivity contribution in [1.82, 2.24) is 5.32 Å². The second kappa shape index (κ2) is 8.29. The van der Waals surface area contributed by atoms with E-state index in [0.717, 1.165) is 21.7 Å². The van der Waals surface area contributed by atoms with Crippen LogP contribution in [0.3, 0.4) is 0 Å². The summed E-state index contributed by atoms with van der Waals surface area (Å²) in [5, 5.41) is 3.30. The van der Waals surface area contributed by atoms with Crippen LogP contribution in [0.25, 0.3) is 0 Å². The molecular formula is C18H20Cl2N2O3S. The number of carbonyl (C=O) groups is 1. The van der Waals surface area contributed by atoms with E-state index < -0.39 is 22.0 Å². The molecule has 0 aliphatic heterocycles. The predicted octanol–water partition coefficient (Wildman–Crippen LogP) is 3.77. The molecule has 0 aromatic heterocycles. The van der Waals surface area contributed by atoms with E-state index in [1.807, 2.05) is 31.2 Å². The summed E-state index contributed by atoms with van der Waals surface area (Å²) in [5.41, 5.74) is 2.29. The van der Waals surface area contributed by atoms with E-state index in [1.54, 1.807) is 0 Å². The molecule has 2 aromatic carbocycles. The smallest absolute Gasteiger partial charge is 0.243 e. The standard InChI is InChI=1S/C18H20Cl2N2O3S/c1-12-6-4-5-7-14(12)11-21-18(23)13(2)22(26(3,24)25)15-8-9-16(19)17(20)10-15/h4-10,13H,11H2,1-3H3,(H,21,23). The number of carbonyl (C=O) groups excluding carboxylic acids is 1. The maximum absolute atomic E-state index is 12.6. The second-order valence-electron chi connectivity index (χ2n) is 5.98. The molecule has 1 amide bonds. The van der Waals surface area contributed by atoms with Gasteiger partial charge in [0.1, 0.15) is 6.04 Å². The molecule has 0 spiro atoms. The van der Waals surface area contributed by atoms with Crippen LogP contribution >= 0.6 is 23.2 Å². The van der Waals surface area contributed by atoms with Crippen LogP contribution in [0.4, 0.5) is 5.69 Å². The molecule has 0 aliphatic carbocycles. The van der Waals surface area contributed by atoms with Crippen molar-refractivity contribution in [2.45, 2.75) is 26.4 Å². The molecule has 140 valence electrons. The molecular weight excluding hydrogens is 395 g/mol. The van der Waals surface area contributed by atoms with E-state index >= 15 is 0 Å². The highest BCUT2D eigenvalue weighted by Crippen LogP contribution is 2.29. The third kappa shape index (κ3) is 4.90. The Hall–Kier alpha value is -1.76. The highest BCUT2D eigenvalue weighted by Gasteiger charge is 2.29. The Kier molecular flexibility index (Phi) is 6.55. The fourth-order valence-electron chi connectivity index (χ4n) is 2.57. The summed E-state index contributed by atoms with van der Waals surface area (Å²) in [4.78, 5) is 12.6. The molecule has 8 heteroatoms. The van der Waals surface area contributed by atoms with Crippen LogP contribution in [-0.4, -0.2) is 26.6 Å². The van der Waals surface area contributed by atoms with Gasteiger partial charge >= 0.3 is 0 Å². The van der Waals surface area contributed by atoms with Crippen molar-refractivity contribution in [2.75, 3.05) is 10.6 Å². The Morgan fingerprint density at radius 1 is 1.15 bits per heavy atom. The summed E-state index contributed by atoms with van der Waals surface area (Å²) < 4.78 is 25.6. The van der Waals surface area contributed by atoms with Crippen LogP contribution in [0.2, 0.25) is 10.0 Å². The summed E-state index contributed by atoms with van der Waals surface area (Å²) >= 11 is 11.9. The predicted molar refractivity (Wildman–Crippen MR) is 106 cm³/mol. The van der Waals surface area contributed by atoms with Crippen LogP contribution in [-0.2, 0) is 21.4 Å². The number of hydrogen-bond acceptors (Lipinski definition) is 3. The average Bonchev–Trinajstić information content (AvgIpc) is 2.56. The van der Waals surface area contributed by atoms with Crippen molar-refractivity contribution in [3.63, 3.8) is 0 Å². The molecule has 2 rings (SSSR count). The van der Waals surface area contributed by atoms with Gasteiger partial charge in [-0.15, -0.1) is 0 Å². The normalized spacial score (nSPS) is 12.5. The Labute approximate surface area is 164 Å². The molecule has 0 bridgehead atoms. The van der Waals surface area contributed by atoms with Gasteiger partial charge in [0.05, 0.1) is 22.0 Å². The molecule has 5 nitrogen and oxygen atoms in total. The van der Waals surface area contributed by atoms with Gasteiger partial charge in [0.2, 0.25) is 15.9 Å². The van der Waals surface area contributed by atoms with Crippen LogP contribution in [0.1, 0.15) is 18.1 Å². The molecule has 2 aromatic rings. The minimum absolute atomic E-state index is 0.213. The highest BCUT2D eigenvalue weighted by molar-refractivity contribution is 7.92. The van der Waals surface area contributed by atoms with Gasteiger partial charge < -0.3 is 5.32 Å². The molecule has 0 saturated heterocycles. The zero-order chi connectivity index (χ0) is 19.5. The van der Waals surface area contributed by atoms with Crippen LogP contribution in [0, 0.1) is 6.92 Å². The minimum Gasteiger partial charge on any atom is -0.350 e. The zero-order valence-corrected chi connectivity index (χ0v) is 17.0. The quantitative estimate of drug-likeness (QED) is 0.781. The number of amides is 1. The first-order valence-electron chi connectivity index (χ1n) is 7.88. The second-order valence-corrected chi connectivity index (χ2v) is 8.65. The van der Waals surface area contributed by atoms with E-state index in [-0.39, 0.29) is 10.7 Å². The van der Waals surface area contributed by atoms with Crippen LogP contribution < -0.4 is 9.62 Å². The third-order valence-electron chi connectivity index (χ3n) is 3.96. The lowest BCUT2D eigenvalue weighted by atomic mass is 10.1. The Balaban J connectivity index is 2.23. The number of rotatable bonds is 6.